The minimum absolute atomic E-state index is 0.740. The van der Waals surface area contributed by atoms with E-state index in [1.807, 2.05) is 0 Å². The van der Waals surface area contributed by atoms with Gasteiger partial charge in [-0.2, -0.15) is 0 Å². The molecule has 0 aliphatic heterocycles. The van der Waals surface area contributed by atoms with Crippen molar-refractivity contribution in [2.75, 3.05) is 26.2 Å². The molecule has 1 rings (SSSR count). The molecule has 1 aromatic carbocycles. The first-order valence-corrected chi connectivity index (χ1v) is 9.24. The lowest BCUT2D eigenvalue weighted by atomic mass is 9.91. The van der Waals surface area contributed by atoms with Crippen LogP contribution in [0.1, 0.15) is 60.5 Å². The Hall–Kier alpha value is -1.54. The molecule has 0 saturated heterocycles. The Labute approximate surface area is 149 Å². The molecule has 0 aliphatic rings. The van der Waals surface area contributed by atoms with Gasteiger partial charge in [0.15, 0.2) is 0 Å². The minimum Gasteiger partial charge on any atom is -0.492 e. The molecule has 24 heavy (non-hydrogen) atoms. The van der Waals surface area contributed by atoms with E-state index in [4.69, 9.17) is 4.74 Å². The Balaban J connectivity index is 2.84. The summed E-state index contributed by atoms with van der Waals surface area (Å²) in [6.45, 7) is 19.3. The van der Waals surface area contributed by atoms with Crippen molar-refractivity contribution in [1.29, 1.82) is 0 Å². The summed E-state index contributed by atoms with van der Waals surface area (Å²) in [7, 11) is 0. The Morgan fingerprint density at radius 3 is 1.96 bits per heavy atom. The van der Waals surface area contributed by atoms with E-state index >= 15 is 0 Å². The van der Waals surface area contributed by atoms with Gasteiger partial charge in [-0.15, -0.1) is 0 Å². The molecule has 0 unspecified atom stereocenters. The number of rotatable bonds is 9. The molecule has 0 heterocycles. The van der Waals surface area contributed by atoms with Crippen LogP contribution in [0.4, 0.5) is 0 Å². The predicted octanol–water partition coefficient (Wildman–Crippen LogP) is 5.95. The second-order valence-electron chi connectivity index (χ2n) is 6.53. The molecule has 1 aromatic rings. The lowest BCUT2D eigenvalue weighted by molar-refractivity contribution is 0.223. The van der Waals surface area contributed by atoms with Gasteiger partial charge in [0.1, 0.15) is 12.4 Å². The molecule has 0 fully saturated rings. The standard InChI is InChI=1S/C22H35NO/c1-8-18(6)19(7)22(17(4)5)20-11-13-21(14-12-20)24-16-15-23(9-2)10-3/h11-14H,8-10,15-16H2,1-7H3/b19-18+. The van der Waals surface area contributed by atoms with Gasteiger partial charge in [0.05, 0.1) is 0 Å². The third kappa shape index (κ3) is 5.83. The van der Waals surface area contributed by atoms with Crippen LogP contribution < -0.4 is 4.74 Å². The highest BCUT2D eigenvalue weighted by atomic mass is 16.5. The molecular weight excluding hydrogens is 294 g/mol. The number of likely N-dealkylation sites (N-methyl/N-ethyl adjacent to an activating group) is 1. The highest BCUT2D eigenvalue weighted by Crippen LogP contribution is 2.30. The quantitative estimate of drug-likeness (QED) is 0.519. The Morgan fingerprint density at radius 1 is 0.917 bits per heavy atom. The zero-order valence-electron chi connectivity index (χ0n) is 16.7. The van der Waals surface area contributed by atoms with Gasteiger partial charge in [0.25, 0.3) is 0 Å². The number of allylic oxidation sites excluding steroid dienone is 4. The number of hydrogen-bond acceptors (Lipinski definition) is 2. The number of ether oxygens (including phenoxy) is 1. The molecule has 2 heteroatoms. The van der Waals surface area contributed by atoms with Gasteiger partial charge >= 0.3 is 0 Å². The summed E-state index contributed by atoms with van der Waals surface area (Å²) in [4.78, 5) is 2.37. The molecule has 0 saturated carbocycles. The van der Waals surface area contributed by atoms with Gasteiger partial charge in [0, 0.05) is 6.54 Å². The van der Waals surface area contributed by atoms with E-state index in [0.29, 0.717) is 0 Å². The van der Waals surface area contributed by atoms with E-state index in [0.717, 1.165) is 38.4 Å². The van der Waals surface area contributed by atoms with Crippen LogP contribution in [0.2, 0.25) is 0 Å². The smallest absolute Gasteiger partial charge is 0.119 e. The molecular formula is C22H35NO. The molecule has 0 atom stereocenters. The third-order valence-electron chi connectivity index (χ3n) is 4.76. The van der Waals surface area contributed by atoms with E-state index in [1.165, 1.54) is 27.9 Å². The number of benzene rings is 1. The maximum atomic E-state index is 5.89. The first kappa shape index (κ1) is 20.5. The first-order chi connectivity index (χ1) is 11.4. The lowest BCUT2D eigenvalue weighted by Gasteiger charge is -2.18. The monoisotopic (exact) mass is 329 g/mol. The topological polar surface area (TPSA) is 12.5 Å². The summed E-state index contributed by atoms with van der Waals surface area (Å²) in [6, 6.07) is 8.55. The largest absolute Gasteiger partial charge is 0.492 e. The molecule has 0 aromatic heterocycles. The maximum absolute atomic E-state index is 5.89. The van der Waals surface area contributed by atoms with Gasteiger partial charge in [-0.1, -0.05) is 44.1 Å². The van der Waals surface area contributed by atoms with Crippen LogP contribution in [-0.2, 0) is 0 Å². The van der Waals surface area contributed by atoms with E-state index in [9.17, 15) is 0 Å². The van der Waals surface area contributed by atoms with E-state index < -0.39 is 0 Å². The zero-order chi connectivity index (χ0) is 18.1. The molecule has 0 amide bonds. The summed E-state index contributed by atoms with van der Waals surface area (Å²) in [6.07, 6.45) is 1.09. The van der Waals surface area contributed by atoms with Gasteiger partial charge in [0.2, 0.25) is 0 Å². The molecule has 0 radical (unpaired) electrons. The Morgan fingerprint density at radius 2 is 1.50 bits per heavy atom. The van der Waals surface area contributed by atoms with Gasteiger partial charge in [-0.25, -0.2) is 0 Å². The van der Waals surface area contributed by atoms with Crippen molar-refractivity contribution in [3.05, 3.63) is 46.5 Å². The Kier molecular flexibility index (Phi) is 8.84. The van der Waals surface area contributed by atoms with Crippen LogP contribution in [0.5, 0.6) is 5.75 Å². The summed E-state index contributed by atoms with van der Waals surface area (Å²) < 4.78 is 5.89. The van der Waals surface area contributed by atoms with Crippen LogP contribution in [0.15, 0.2) is 41.0 Å². The molecule has 0 spiro atoms. The van der Waals surface area contributed by atoms with Crippen molar-refractivity contribution in [2.24, 2.45) is 0 Å². The van der Waals surface area contributed by atoms with Crippen LogP contribution in [0.25, 0.3) is 5.57 Å². The molecule has 0 N–H and O–H groups in total. The summed E-state index contributed by atoms with van der Waals surface area (Å²) in [5.41, 5.74) is 6.84. The van der Waals surface area contributed by atoms with Gasteiger partial charge in [-0.3, -0.25) is 0 Å². The summed E-state index contributed by atoms with van der Waals surface area (Å²) >= 11 is 0. The fraction of sp³-hybridized carbons (Fsp3) is 0.545. The van der Waals surface area contributed by atoms with Crippen molar-refractivity contribution < 1.29 is 4.74 Å². The normalized spacial score (nSPS) is 12.2. The van der Waals surface area contributed by atoms with E-state index in [2.05, 4.69) is 77.6 Å². The van der Waals surface area contributed by atoms with Crippen LogP contribution in [0, 0.1) is 0 Å². The van der Waals surface area contributed by atoms with E-state index in [1.54, 1.807) is 0 Å². The zero-order valence-corrected chi connectivity index (χ0v) is 16.7. The van der Waals surface area contributed by atoms with E-state index in [-0.39, 0.29) is 0 Å². The summed E-state index contributed by atoms with van der Waals surface area (Å²) in [5, 5.41) is 0. The highest BCUT2D eigenvalue weighted by molar-refractivity contribution is 5.81. The molecule has 0 bridgehead atoms. The average molecular weight is 330 g/mol. The van der Waals surface area contributed by atoms with Crippen LogP contribution in [0.3, 0.4) is 0 Å². The fourth-order valence-electron chi connectivity index (χ4n) is 2.91. The summed E-state index contributed by atoms with van der Waals surface area (Å²) in [5.74, 6) is 0.952. The van der Waals surface area contributed by atoms with Crippen molar-refractivity contribution >= 4 is 5.57 Å². The third-order valence-corrected chi connectivity index (χ3v) is 4.76. The first-order valence-electron chi connectivity index (χ1n) is 9.24. The van der Waals surface area contributed by atoms with Crippen molar-refractivity contribution in [2.45, 2.75) is 54.9 Å². The van der Waals surface area contributed by atoms with Crippen LogP contribution in [-0.4, -0.2) is 31.1 Å². The number of hydrogen-bond donors (Lipinski definition) is 0. The SMILES string of the molecule is CC/C(C)=C(\C)C(=C(C)C)c1ccc(OCCN(CC)CC)cc1. The van der Waals surface area contributed by atoms with Gasteiger partial charge < -0.3 is 9.64 Å². The Bertz CT molecular complexity index is 558. The molecule has 2 nitrogen and oxygen atoms in total. The highest BCUT2D eigenvalue weighted by Gasteiger charge is 2.09. The van der Waals surface area contributed by atoms with Crippen molar-refractivity contribution in [1.82, 2.24) is 4.90 Å². The molecule has 0 aliphatic carbocycles. The average Bonchev–Trinajstić information content (AvgIpc) is 2.59. The number of nitrogens with zero attached hydrogens (tertiary/aromatic N) is 1. The van der Waals surface area contributed by atoms with Gasteiger partial charge in [-0.05, 0) is 76.0 Å². The fourth-order valence-corrected chi connectivity index (χ4v) is 2.91. The predicted molar refractivity (Wildman–Crippen MR) is 107 cm³/mol. The lowest BCUT2D eigenvalue weighted by Crippen LogP contribution is -2.27. The maximum Gasteiger partial charge on any atom is 0.119 e. The van der Waals surface area contributed by atoms with Crippen LogP contribution >= 0.6 is 0 Å². The minimum atomic E-state index is 0.740. The second-order valence-corrected chi connectivity index (χ2v) is 6.53. The van der Waals surface area contributed by atoms with Crippen molar-refractivity contribution in [3.8, 4) is 5.75 Å². The second kappa shape index (κ2) is 10.4. The van der Waals surface area contributed by atoms with Crippen molar-refractivity contribution in [3.63, 3.8) is 0 Å². The molecule has 134 valence electrons.